The number of rotatable bonds is 7. The summed E-state index contributed by atoms with van der Waals surface area (Å²) in [6.45, 7) is 2.27. The van der Waals surface area contributed by atoms with Gasteiger partial charge in [0.2, 0.25) is 5.91 Å². The second-order valence-electron chi connectivity index (χ2n) is 6.30. The Labute approximate surface area is 148 Å². The Morgan fingerprint density at radius 2 is 2.08 bits per heavy atom. The van der Waals surface area contributed by atoms with E-state index >= 15 is 0 Å². The highest BCUT2D eigenvalue weighted by Crippen LogP contribution is 2.20. The van der Waals surface area contributed by atoms with Crippen molar-refractivity contribution in [2.24, 2.45) is 5.92 Å². The lowest BCUT2D eigenvalue weighted by molar-refractivity contribution is -0.124. The first kappa shape index (κ1) is 17.5. The van der Waals surface area contributed by atoms with Crippen LogP contribution in [0.1, 0.15) is 23.7 Å². The molecule has 0 bridgehead atoms. The maximum absolute atomic E-state index is 12.0. The van der Waals surface area contributed by atoms with Gasteiger partial charge in [-0.25, -0.2) is 0 Å². The van der Waals surface area contributed by atoms with Gasteiger partial charge in [0.05, 0.1) is 12.0 Å². The average Bonchev–Trinajstić information content (AvgIpc) is 3.20. The van der Waals surface area contributed by atoms with E-state index in [2.05, 4.69) is 10.6 Å². The van der Waals surface area contributed by atoms with Crippen molar-refractivity contribution in [2.45, 2.75) is 19.1 Å². The molecule has 132 valence electrons. The van der Waals surface area contributed by atoms with Crippen LogP contribution in [0.4, 0.5) is 0 Å². The van der Waals surface area contributed by atoms with Crippen LogP contribution in [0.25, 0.3) is 0 Å². The molecule has 0 aliphatic carbocycles. The molecule has 0 saturated carbocycles. The zero-order valence-electron chi connectivity index (χ0n) is 14.2. The quantitative estimate of drug-likeness (QED) is 0.721. The summed E-state index contributed by atoms with van der Waals surface area (Å²) in [7, 11) is 0. The fraction of sp³-hybridized carbons (Fsp3) is 0.350. The van der Waals surface area contributed by atoms with Crippen molar-refractivity contribution in [3.05, 3.63) is 65.7 Å². The fourth-order valence-corrected chi connectivity index (χ4v) is 2.89. The SMILES string of the molecule is O=C(NCC(O)c1cccc(OCc2ccccc2)c1)C1CCNC1. The van der Waals surface area contributed by atoms with Gasteiger partial charge < -0.3 is 20.5 Å². The van der Waals surface area contributed by atoms with Gasteiger partial charge in [-0.2, -0.15) is 0 Å². The molecule has 3 N–H and O–H groups in total. The molecule has 1 heterocycles. The summed E-state index contributed by atoms with van der Waals surface area (Å²) in [5.74, 6) is 0.708. The first-order chi connectivity index (χ1) is 12.2. The predicted molar refractivity (Wildman–Crippen MR) is 96.2 cm³/mol. The Morgan fingerprint density at radius 1 is 1.24 bits per heavy atom. The van der Waals surface area contributed by atoms with Crippen molar-refractivity contribution < 1.29 is 14.6 Å². The molecule has 1 aliphatic rings. The first-order valence-corrected chi connectivity index (χ1v) is 8.65. The number of carbonyl (C=O) groups is 1. The number of nitrogens with one attached hydrogen (secondary N) is 2. The molecule has 2 aromatic rings. The molecule has 0 radical (unpaired) electrons. The molecule has 1 aliphatic heterocycles. The van der Waals surface area contributed by atoms with Crippen LogP contribution in [0.3, 0.4) is 0 Å². The highest BCUT2D eigenvalue weighted by atomic mass is 16.5. The molecule has 5 heteroatoms. The molecule has 1 amide bonds. The molecular formula is C20H24N2O3. The van der Waals surface area contributed by atoms with E-state index in [1.165, 1.54) is 0 Å². The molecule has 0 spiro atoms. The lowest BCUT2D eigenvalue weighted by atomic mass is 10.1. The van der Waals surface area contributed by atoms with Gasteiger partial charge in [-0.05, 0) is 36.2 Å². The van der Waals surface area contributed by atoms with Gasteiger partial charge in [0, 0.05) is 13.1 Å². The second-order valence-corrected chi connectivity index (χ2v) is 6.30. The summed E-state index contributed by atoms with van der Waals surface area (Å²) in [5.41, 5.74) is 1.82. The number of amides is 1. The lowest BCUT2D eigenvalue weighted by Gasteiger charge is -2.15. The Balaban J connectivity index is 1.52. The fourth-order valence-electron chi connectivity index (χ4n) is 2.89. The van der Waals surface area contributed by atoms with E-state index in [0.717, 1.165) is 24.1 Å². The Morgan fingerprint density at radius 3 is 2.84 bits per heavy atom. The minimum Gasteiger partial charge on any atom is -0.489 e. The third kappa shape index (κ3) is 5.05. The van der Waals surface area contributed by atoms with Gasteiger partial charge in [0.15, 0.2) is 0 Å². The van der Waals surface area contributed by atoms with E-state index in [0.29, 0.717) is 18.9 Å². The van der Waals surface area contributed by atoms with Crippen LogP contribution in [0.5, 0.6) is 5.75 Å². The molecule has 1 saturated heterocycles. The summed E-state index contributed by atoms with van der Waals surface area (Å²) < 4.78 is 5.78. The van der Waals surface area contributed by atoms with Crippen molar-refractivity contribution in [3.63, 3.8) is 0 Å². The third-order valence-corrected chi connectivity index (χ3v) is 4.39. The summed E-state index contributed by atoms with van der Waals surface area (Å²) in [4.78, 5) is 12.0. The van der Waals surface area contributed by atoms with E-state index in [4.69, 9.17) is 4.74 Å². The summed E-state index contributed by atoms with van der Waals surface area (Å²) >= 11 is 0. The Hall–Kier alpha value is -2.37. The third-order valence-electron chi connectivity index (χ3n) is 4.39. The number of carbonyl (C=O) groups excluding carboxylic acids is 1. The van der Waals surface area contributed by atoms with E-state index in [9.17, 15) is 9.90 Å². The number of ether oxygens (including phenoxy) is 1. The van der Waals surface area contributed by atoms with Crippen LogP contribution in [0.15, 0.2) is 54.6 Å². The Bertz CT molecular complexity index is 684. The van der Waals surface area contributed by atoms with Crippen LogP contribution in [-0.4, -0.2) is 30.6 Å². The van der Waals surface area contributed by atoms with E-state index in [1.807, 2.05) is 54.6 Å². The zero-order valence-corrected chi connectivity index (χ0v) is 14.2. The number of benzene rings is 2. The smallest absolute Gasteiger partial charge is 0.224 e. The minimum atomic E-state index is -0.751. The normalized spacial score (nSPS) is 17.9. The van der Waals surface area contributed by atoms with Crippen LogP contribution in [0.2, 0.25) is 0 Å². The summed E-state index contributed by atoms with van der Waals surface area (Å²) in [5, 5.41) is 16.3. The highest BCUT2D eigenvalue weighted by molar-refractivity contribution is 5.79. The van der Waals surface area contributed by atoms with Crippen molar-refractivity contribution in [3.8, 4) is 5.75 Å². The molecule has 0 aromatic heterocycles. The van der Waals surface area contributed by atoms with E-state index in [-0.39, 0.29) is 18.4 Å². The molecule has 25 heavy (non-hydrogen) atoms. The number of aliphatic hydroxyl groups is 1. The van der Waals surface area contributed by atoms with Crippen molar-refractivity contribution in [2.75, 3.05) is 19.6 Å². The van der Waals surface area contributed by atoms with Crippen LogP contribution < -0.4 is 15.4 Å². The number of hydrogen-bond donors (Lipinski definition) is 3. The number of aliphatic hydroxyl groups excluding tert-OH is 1. The lowest BCUT2D eigenvalue weighted by Crippen LogP contribution is -2.34. The maximum Gasteiger partial charge on any atom is 0.224 e. The van der Waals surface area contributed by atoms with Crippen LogP contribution in [-0.2, 0) is 11.4 Å². The highest BCUT2D eigenvalue weighted by Gasteiger charge is 2.22. The van der Waals surface area contributed by atoms with Crippen molar-refractivity contribution in [1.29, 1.82) is 0 Å². The van der Waals surface area contributed by atoms with Gasteiger partial charge in [-0.1, -0.05) is 42.5 Å². The largest absolute Gasteiger partial charge is 0.489 e. The second kappa shape index (κ2) is 8.65. The topological polar surface area (TPSA) is 70.6 Å². The minimum absolute atomic E-state index is 0.000493. The predicted octanol–water partition coefficient (Wildman–Crippen LogP) is 2.02. The molecular weight excluding hydrogens is 316 g/mol. The van der Waals surface area contributed by atoms with E-state index in [1.54, 1.807) is 0 Å². The molecule has 2 atom stereocenters. The van der Waals surface area contributed by atoms with Gasteiger partial charge in [0.25, 0.3) is 0 Å². The molecule has 5 nitrogen and oxygen atoms in total. The molecule has 3 rings (SSSR count). The van der Waals surface area contributed by atoms with Crippen molar-refractivity contribution in [1.82, 2.24) is 10.6 Å². The Kier molecular flexibility index (Phi) is 6.04. The number of hydrogen-bond acceptors (Lipinski definition) is 4. The standard InChI is InChI=1S/C20H24N2O3/c23-19(13-22-20(24)17-9-10-21-12-17)16-7-4-8-18(11-16)25-14-15-5-2-1-3-6-15/h1-8,11,17,19,21,23H,9-10,12-14H2,(H,22,24). The van der Waals surface area contributed by atoms with Gasteiger partial charge >= 0.3 is 0 Å². The van der Waals surface area contributed by atoms with Gasteiger partial charge in [0.1, 0.15) is 12.4 Å². The monoisotopic (exact) mass is 340 g/mol. The summed E-state index contributed by atoms with van der Waals surface area (Å²) in [6.07, 6.45) is 0.101. The van der Waals surface area contributed by atoms with Crippen molar-refractivity contribution >= 4 is 5.91 Å². The average molecular weight is 340 g/mol. The van der Waals surface area contributed by atoms with Gasteiger partial charge in [-0.3, -0.25) is 4.79 Å². The molecule has 1 fully saturated rings. The van der Waals surface area contributed by atoms with Crippen LogP contribution >= 0.6 is 0 Å². The zero-order chi connectivity index (χ0) is 17.5. The molecule has 2 aromatic carbocycles. The first-order valence-electron chi connectivity index (χ1n) is 8.65. The molecule has 2 unspecified atom stereocenters. The van der Waals surface area contributed by atoms with Crippen LogP contribution in [0, 0.1) is 5.92 Å². The summed E-state index contributed by atoms with van der Waals surface area (Å²) in [6, 6.07) is 17.3. The maximum atomic E-state index is 12.0. The van der Waals surface area contributed by atoms with E-state index < -0.39 is 6.10 Å². The van der Waals surface area contributed by atoms with Gasteiger partial charge in [-0.15, -0.1) is 0 Å².